The number of ether oxygens (including phenoxy) is 2. The minimum atomic E-state index is -0.846. The van der Waals surface area contributed by atoms with Gasteiger partial charge in [-0.1, -0.05) is 42.5 Å². The monoisotopic (exact) mass is 474 g/mol. The Labute approximate surface area is 205 Å². The minimum absolute atomic E-state index is 0.0432. The summed E-state index contributed by atoms with van der Waals surface area (Å²) in [6.07, 6.45) is 3.12. The molecule has 1 fully saturated rings. The number of methoxy groups -OCH3 is 1. The van der Waals surface area contributed by atoms with Gasteiger partial charge in [0.1, 0.15) is 11.6 Å². The number of nitrogens with one attached hydrogen (secondary N) is 1. The molecule has 2 heterocycles. The number of benzene rings is 3. The number of carbonyl (C=O) groups excluding carboxylic acids is 1. The van der Waals surface area contributed by atoms with E-state index in [1.165, 1.54) is 23.4 Å². The van der Waals surface area contributed by atoms with E-state index in [-0.39, 0.29) is 11.7 Å². The summed E-state index contributed by atoms with van der Waals surface area (Å²) in [5.41, 5.74) is 4.36. The Morgan fingerprint density at radius 3 is 2.74 bits per heavy atom. The van der Waals surface area contributed by atoms with Gasteiger partial charge in [0.15, 0.2) is 5.60 Å². The molecular formula is C29H31FN2O3. The summed E-state index contributed by atoms with van der Waals surface area (Å²) in [5, 5.41) is 3.14. The molecule has 0 spiro atoms. The van der Waals surface area contributed by atoms with Crippen LogP contribution in [0.2, 0.25) is 0 Å². The smallest absolute Gasteiger partial charge is 0.252 e. The lowest BCUT2D eigenvalue weighted by molar-refractivity contribution is -0.141. The molecule has 1 amide bonds. The molecule has 5 rings (SSSR count). The first-order valence-corrected chi connectivity index (χ1v) is 12.3. The van der Waals surface area contributed by atoms with Gasteiger partial charge in [0.05, 0.1) is 7.11 Å². The summed E-state index contributed by atoms with van der Waals surface area (Å²) in [7, 11) is 1.58. The van der Waals surface area contributed by atoms with Crippen molar-refractivity contribution in [3.8, 4) is 16.9 Å². The molecule has 0 radical (unpaired) electrons. The fraction of sp³-hybridized carbons (Fsp3) is 0.345. The Bertz CT molecular complexity index is 1190. The van der Waals surface area contributed by atoms with Crippen LogP contribution < -0.4 is 15.0 Å². The van der Waals surface area contributed by atoms with Crippen LogP contribution >= 0.6 is 0 Å². The zero-order valence-electron chi connectivity index (χ0n) is 20.1. The first kappa shape index (κ1) is 23.4. The molecule has 6 heteroatoms. The highest BCUT2D eigenvalue weighted by Crippen LogP contribution is 2.33. The van der Waals surface area contributed by atoms with Gasteiger partial charge in [-0.25, -0.2) is 4.39 Å². The molecule has 3 aromatic carbocycles. The predicted octanol–water partition coefficient (Wildman–Crippen LogP) is 4.77. The maximum atomic E-state index is 13.8. The summed E-state index contributed by atoms with van der Waals surface area (Å²) < 4.78 is 25.3. The van der Waals surface area contributed by atoms with E-state index in [1.807, 2.05) is 24.3 Å². The third-order valence-corrected chi connectivity index (χ3v) is 7.08. The number of halogens is 1. The Balaban J connectivity index is 1.24. The maximum Gasteiger partial charge on any atom is 0.252 e. The van der Waals surface area contributed by atoms with Crippen LogP contribution in [0.1, 0.15) is 24.0 Å². The van der Waals surface area contributed by atoms with Gasteiger partial charge in [0.2, 0.25) is 0 Å². The van der Waals surface area contributed by atoms with Gasteiger partial charge in [0.25, 0.3) is 5.91 Å². The molecule has 3 aromatic rings. The van der Waals surface area contributed by atoms with Crippen molar-refractivity contribution in [2.24, 2.45) is 0 Å². The fourth-order valence-corrected chi connectivity index (χ4v) is 5.24. The topological polar surface area (TPSA) is 50.8 Å². The first-order chi connectivity index (χ1) is 17.1. The van der Waals surface area contributed by atoms with E-state index in [4.69, 9.17) is 9.47 Å². The lowest BCUT2D eigenvalue weighted by Gasteiger charge is -2.28. The second-order valence-electron chi connectivity index (χ2n) is 9.29. The first-order valence-electron chi connectivity index (χ1n) is 12.3. The summed E-state index contributed by atoms with van der Waals surface area (Å²) in [6.45, 7) is 2.93. The SMILES string of the molecule is COc1ccc(F)cc1-c1ccc(C[C@]2(C(=O)NCCN3CCc4ccccc43)CCCO2)cc1. The average molecular weight is 475 g/mol. The van der Waals surface area contributed by atoms with Crippen LogP contribution in [0.15, 0.2) is 66.7 Å². The molecule has 182 valence electrons. The highest BCUT2D eigenvalue weighted by Gasteiger charge is 2.42. The van der Waals surface area contributed by atoms with E-state index in [1.54, 1.807) is 13.2 Å². The number of hydrogen-bond acceptors (Lipinski definition) is 4. The van der Waals surface area contributed by atoms with E-state index in [2.05, 4.69) is 34.5 Å². The molecule has 5 nitrogen and oxygen atoms in total. The lowest BCUT2D eigenvalue weighted by atomic mass is 9.89. The quantitative estimate of drug-likeness (QED) is 0.511. The number of carbonyl (C=O) groups is 1. The number of nitrogens with zero attached hydrogens (tertiary/aromatic N) is 1. The molecule has 0 aliphatic carbocycles. The molecule has 2 aliphatic rings. The van der Waals surface area contributed by atoms with Crippen LogP contribution in [0.5, 0.6) is 5.75 Å². The highest BCUT2D eigenvalue weighted by molar-refractivity contribution is 5.86. The molecule has 35 heavy (non-hydrogen) atoms. The molecule has 0 saturated carbocycles. The van der Waals surface area contributed by atoms with Crippen molar-refractivity contribution in [3.05, 3.63) is 83.7 Å². The molecule has 0 bridgehead atoms. The van der Waals surface area contributed by atoms with Crippen molar-refractivity contribution in [3.63, 3.8) is 0 Å². The number of para-hydroxylation sites is 1. The fourth-order valence-electron chi connectivity index (χ4n) is 5.24. The van der Waals surface area contributed by atoms with Gasteiger partial charge in [-0.2, -0.15) is 0 Å². The van der Waals surface area contributed by atoms with Gasteiger partial charge in [-0.3, -0.25) is 4.79 Å². The normalized spacial score (nSPS) is 19.0. The Morgan fingerprint density at radius 1 is 1.14 bits per heavy atom. The van der Waals surface area contributed by atoms with Crippen LogP contribution in [0, 0.1) is 5.82 Å². The van der Waals surface area contributed by atoms with E-state index in [9.17, 15) is 9.18 Å². The molecule has 1 saturated heterocycles. The second-order valence-corrected chi connectivity index (χ2v) is 9.29. The van der Waals surface area contributed by atoms with Gasteiger partial charge in [-0.05, 0) is 60.2 Å². The zero-order valence-corrected chi connectivity index (χ0v) is 20.1. The van der Waals surface area contributed by atoms with Crippen LogP contribution in [0.4, 0.5) is 10.1 Å². The number of fused-ring (bicyclic) bond motifs is 1. The standard InChI is InChI=1S/C29H31FN2O3/c1-34-27-12-11-24(30)19-25(27)22-9-7-21(8-10-22)20-29(14-4-18-35-29)28(33)31-15-17-32-16-13-23-5-2-3-6-26(23)32/h2-3,5-12,19H,4,13-18,20H2,1H3,(H,31,33)/t29-/m0/s1. The molecule has 1 atom stereocenters. The van der Waals surface area contributed by atoms with Crippen LogP contribution in [-0.2, 0) is 22.4 Å². The summed E-state index contributed by atoms with van der Waals surface area (Å²) >= 11 is 0. The third kappa shape index (κ3) is 4.89. The Hall–Kier alpha value is -3.38. The number of anilines is 1. The van der Waals surface area contributed by atoms with Crippen LogP contribution in [-0.4, -0.2) is 44.9 Å². The number of rotatable bonds is 8. The van der Waals surface area contributed by atoms with Crippen molar-refractivity contribution in [1.82, 2.24) is 5.32 Å². The number of amides is 1. The molecular weight excluding hydrogens is 443 g/mol. The molecule has 0 aromatic heterocycles. The molecule has 1 N–H and O–H groups in total. The van der Waals surface area contributed by atoms with Crippen LogP contribution in [0.25, 0.3) is 11.1 Å². The van der Waals surface area contributed by atoms with Crippen LogP contribution in [0.3, 0.4) is 0 Å². The minimum Gasteiger partial charge on any atom is -0.496 e. The van der Waals surface area contributed by atoms with Gasteiger partial charge < -0.3 is 19.7 Å². The summed E-state index contributed by atoms with van der Waals surface area (Å²) in [5.74, 6) is 0.269. The summed E-state index contributed by atoms with van der Waals surface area (Å²) in [6, 6.07) is 20.8. The second kappa shape index (κ2) is 10.1. The van der Waals surface area contributed by atoms with Crippen molar-refractivity contribution in [2.45, 2.75) is 31.3 Å². The van der Waals surface area contributed by atoms with Gasteiger partial charge >= 0.3 is 0 Å². The van der Waals surface area contributed by atoms with E-state index in [0.29, 0.717) is 37.3 Å². The largest absolute Gasteiger partial charge is 0.496 e. The summed E-state index contributed by atoms with van der Waals surface area (Å²) in [4.78, 5) is 15.6. The number of hydrogen-bond donors (Lipinski definition) is 1. The maximum absolute atomic E-state index is 13.8. The van der Waals surface area contributed by atoms with Crippen molar-refractivity contribution in [1.29, 1.82) is 0 Å². The highest BCUT2D eigenvalue weighted by atomic mass is 19.1. The predicted molar refractivity (Wildman–Crippen MR) is 135 cm³/mol. The van der Waals surface area contributed by atoms with Gasteiger partial charge in [-0.15, -0.1) is 0 Å². The lowest BCUT2D eigenvalue weighted by Crippen LogP contribution is -2.49. The van der Waals surface area contributed by atoms with Crippen molar-refractivity contribution >= 4 is 11.6 Å². The van der Waals surface area contributed by atoms with E-state index in [0.717, 1.165) is 37.1 Å². The Kier molecular flexibility index (Phi) is 6.73. The average Bonchev–Trinajstić information content (AvgIpc) is 3.53. The Morgan fingerprint density at radius 2 is 1.97 bits per heavy atom. The molecule has 0 unspecified atom stereocenters. The van der Waals surface area contributed by atoms with Crippen molar-refractivity contribution in [2.75, 3.05) is 38.3 Å². The third-order valence-electron chi connectivity index (χ3n) is 7.08. The van der Waals surface area contributed by atoms with Crippen molar-refractivity contribution < 1.29 is 18.7 Å². The van der Waals surface area contributed by atoms with Gasteiger partial charge in [0, 0.05) is 43.9 Å². The van der Waals surface area contributed by atoms with E-state index < -0.39 is 5.60 Å². The van der Waals surface area contributed by atoms with E-state index >= 15 is 0 Å². The zero-order chi connectivity index (χ0) is 24.3. The molecule has 2 aliphatic heterocycles.